The number of ether oxygens (including phenoxy) is 2. The van der Waals surface area contributed by atoms with Crippen LogP contribution in [0.15, 0.2) is 59.0 Å². The molecule has 0 atom stereocenters. The van der Waals surface area contributed by atoms with Crippen molar-refractivity contribution in [1.29, 1.82) is 0 Å². The molecule has 0 fully saturated rings. The van der Waals surface area contributed by atoms with E-state index in [2.05, 4.69) is 10.5 Å². The Labute approximate surface area is 162 Å². The third kappa shape index (κ3) is 4.17. The van der Waals surface area contributed by atoms with Crippen molar-refractivity contribution in [3.8, 4) is 22.6 Å². The van der Waals surface area contributed by atoms with Crippen molar-refractivity contribution < 1.29 is 14.3 Å². The number of amides is 1. The zero-order valence-electron chi connectivity index (χ0n) is 15.4. The second kappa shape index (κ2) is 8.51. The van der Waals surface area contributed by atoms with Gasteiger partial charge in [0.2, 0.25) is 0 Å². The largest absolute Gasteiger partial charge is 0.493 e. The molecule has 1 heterocycles. The summed E-state index contributed by atoms with van der Waals surface area (Å²) in [7, 11) is 3.14. The van der Waals surface area contributed by atoms with Gasteiger partial charge in [0.1, 0.15) is 4.88 Å². The van der Waals surface area contributed by atoms with Gasteiger partial charge < -0.3 is 9.47 Å². The number of thiophene rings is 1. The molecule has 6 heteroatoms. The van der Waals surface area contributed by atoms with E-state index >= 15 is 0 Å². The maximum Gasteiger partial charge on any atom is 0.282 e. The van der Waals surface area contributed by atoms with Gasteiger partial charge in [-0.05, 0) is 36.1 Å². The number of hydrazone groups is 1. The molecule has 0 aliphatic heterocycles. The summed E-state index contributed by atoms with van der Waals surface area (Å²) >= 11 is 1.39. The van der Waals surface area contributed by atoms with Gasteiger partial charge in [-0.3, -0.25) is 4.79 Å². The summed E-state index contributed by atoms with van der Waals surface area (Å²) in [6.45, 7) is 2.03. The Kier molecular flexibility index (Phi) is 5.88. The van der Waals surface area contributed by atoms with E-state index < -0.39 is 0 Å². The molecule has 0 aliphatic rings. The first-order valence-electron chi connectivity index (χ1n) is 8.33. The highest BCUT2D eigenvalue weighted by Crippen LogP contribution is 2.30. The molecule has 0 bridgehead atoms. The highest BCUT2D eigenvalue weighted by molar-refractivity contribution is 7.12. The van der Waals surface area contributed by atoms with E-state index in [1.54, 1.807) is 26.5 Å². The SMILES string of the molecule is COc1cccc(/C=N\NC(=O)c2sccc2-c2ccc(C)cc2)c1OC. The van der Waals surface area contributed by atoms with Gasteiger partial charge in [0.25, 0.3) is 5.91 Å². The number of carbonyl (C=O) groups is 1. The summed E-state index contributed by atoms with van der Waals surface area (Å²) in [5.41, 5.74) is 6.38. The summed E-state index contributed by atoms with van der Waals surface area (Å²) in [6, 6.07) is 15.5. The summed E-state index contributed by atoms with van der Waals surface area (Å²) in [6.07, 6.45) is 1.54. The lowest BCUT2D eigenvalue weighted by Crippen LogP contribution is -2.17. The first kappa shape index (κ1) is 18.7. The van der Waals surface area contributed by atoms with Gasteiger partial charge in [-0.1, -0.05) is 35.9 Å². The Bertz CT molecular complexity index is 962. The Balaban J connectivity index is 1.77. The predicted molar refractivity (Wildman–Crippen MR) is 109 cm³/mol. The van der Waals surface area contributed by atoms with E-state index in [0.717, 1.165) is 11.1 Å². The highest BCUT2D eigenvalue weighted by atomic mass is 32.1. The normalized spacial score (nSPS) is 10.8. The zero-order valence-corrected chi connectivity index (χ0v) is 16.2. The fourth-order valence-corrected chi connectivity index (χ4v) is 3.48. The molecule has 3 rings (SSSR count). The van der Waals surface area contributed by atoms with Crippen LogP contribution in [0.5, 0.6) is 11.5 Å². The van der Waals surface area contributed by atoms with Gasteiger partial charge in [0, 0.05) is 11.1 Å². The summed E-state index contributed by atoms with van der Waals surface area (Å²) < 4.78 is 10.6. The Morgan fingerprint density at radius 2 is 1.85 bits per heavy atom. The molecule has 0 aliphatic carbocycles. The van der Waals surface area contributed by atoms with Gasteiger partial charge >= 0.3 is 0 Å². The lowest BCUT2D eigenvalue weighted by Gasteiger charge is -2.09. The second-order valence-electron chi connectivity index (χ2n) is 5.81. The first-order valence-corrected chi connectivity index (χ1v) is 9.21. The Morgan fingerprint density at radius 3 is 2.56 bits per heavy atom. The molecule has 5 nitrogen and oxygen atoms in total. The quantitative estimate of drug-likeness (QED) is 0.506. The van der Waals surface area contributed by atoms with Crippen LogP contribution in [0.25, 0.3) is 11.1 Å². The number of carbonyl (C=O) groups excluding carboxylic acids is 1. The fourth-order valence-electron chi connectivity index (χ4n) is 2.67. The molecule has 0 saturated heterocycles. The average molecular weight is 380 g/mol. The number of nitrogens with one attached hydrogen (secondary N) is 1. The van der Waals surface area contributed by atoms with Crippen LogP contribution < -0.4 is 14.9 Å². The number of methoxy groups -OCH3 is 2. The van der Waals surface area contributed by atoms with Crippen LogP contribution >= 0.6 is 11.3 Å². The number of rotatable bonds is 6. The van der Waals surface area contributed by atoms with Crippen molar-refractivity contribution in [1.82, 2.24) is 5.43 Å². The topological polar surface area (TPSA) is 59.9 Å². The maximum atomic E-state index is 12.6. The number of hydrogen-bond acceptors (Lipinski definition) is 5. The first-order chi connectivity index (χ1) is 13.1. The van der Waals surface area contributed by atoms with E-state index in [9.17, 15) is 4.79 Å². The molecule has 1 aromatic heterocycles. The Hall–Kier alpha value is -3.12. The molecular formula is C21H20N2O3S. The minimum atomic E-state index is -0.251. The van der Waals surface area contributed by atoms with Crippen molar-refractivity contribution in [3.63, 3.8) is 0 Å². The molecule has 0 spiro atoms. The minimum absolute atomic E-state index is 0.251. The van der Waals surface area contributed by atoms with Crippen LogP contribution in [0.4, 0.5) is 0 Å². The highest BCUT2D eigenvalue weighted by Gasteiger charge is 2.14. The molecule has 1 N–H and O–H groups in total. The number of nitrogens with zero attached hydrogens (tertiary/aromatic N) is 1. The molecule has 3 aromatic rings. The predicted octanol–water partition coefficient (Wildman–Crippen LogP) is 4.50. The van der Waals surface area contributed by atoms with Crippen molar-refractivity contribution in [3.05, 3.63) is 69.9 Å². The van der Waals surface area contributed by atoms with E-state index in [4.69, 9.17) is 9.47 Å². The smallest absolute Gasteiger partial charge is 0.282 e. The second-order valence-corrected chi connectivity index (χ2v) is 6.73. The van der Waals surface area contributed by atoms with Crippen LogP contribution in [0.2, 0.25) is 0 Å². The molecule has 0 radical (unpaired) electrons. The van der Waals surface area contributed by atoms with Crippen LogP contribution in [-0.4, -0.2) is 26.3 Å². The maximum absolute atomic E-state index is 12.6. The van der Waals surface area contributed by atoms with Gasteiger partial charge in [-0.15, -0.1) is 11.3 Å². The van der Waals surface area contributed by atoms with E-state index in [1.165, 1.54) is 16.9 Å². The van der Waals surface area contributed by atoms with Crippen molar-refractivity contribution >= 4 is 23.5 Å². The minimum Gasteiger partial charge on any atom is -0.493 e. The number of benzene rings is 2. The third-order valence-electron chi connectivity index (χ3n) is 4.04. The molecule has 1 amide bonds. The monoisotopic (exact) mass is 380 g/mol. The summed E-state index contributed by atoms with van der Waals surface area (Å²) in [4.78, 5) is 13.2. The average Bonchev–Trinajstić information content (AvgIpc) is 3.18. The van der Waals surface area contributed by atoms with E-state index in [-0.39, 0.29) is 5.91 Å². The zero-order chi connectivity index (χ0) is 19.2. The van der Waals surface area contributed by atoms with Crippen molar-refractivity contribution in [2.45, 2.75) is 6.92 Å². The van der Waals surface area contributed by atoms with Crippen LogP contribution in [0, 0.1) is 6.92 Å². The van der Waals surface area contributed by atoms with Crippen LogP contribution in [0.3, 0.4) is 0 Å². The number of hydrogen-bond donors (Lipinski definition) is 1. The molecule has 0 unspecified atom stereocenters. The molecule has 0 saturated carbocycles. The molecule has 27 heavy (non-hydrogen) atoms. The van der Waals surface area contributed by atoms with E-state index in [1.807, 2.05) is 54.8 Å². The Morgan fingerprint density at radius 1 is 1.07 bits per heavy atom. The summed E-state index contributed by atoms with van der Waals surface area (Å²) in [5.74, 6) is 0.917. The van der Waals surface area contributed by atoms with Crippen LogP contribution in [0.1, 0.15) is 20.8 Å². The third-order valence-corrected chi connectivity index (χ3v) is 4.95. The van der Waals surface area contributed by atoms with Crippen molar-refractivity contribution in [2.24, 2.45) is 5.10 Å². The van der Waals surface area contributed by atoms with Gasteiger partial charge in [0.05, 0.1) is 20.4 Å². The van der Waals surface area contributed by atoms with Gasteiger partial charge in [0.15, 0.2) is 11.5 Å². The molecular weight excluding hydrogens is 360 g/mol. The number of para-hydroxylation sites is 1. The summed E-state index contributed by atoms with van der Waals surface area (Å²) in [5, 5.41) is 5.98. The standard InChI is InChI=1S/C21H20N2O3S/c1-14-7-9-15(10-8-14)17-11-12-27-20(17)21(24)23-22-13-16-5-4-6-18(25-2)19(16)26-3/h4-13H,1-3H3,(H,23,24)/b22-13-. The lowest BCUT2D eigenvalue weighted by molar-refractivity contribution is 0.0959. The van der Waals surface area contributed by atoms with Gasteiger partial charge in [-0.2, -0.15) is 5.10 Å². The molecule has 138 valence electrons. The van der Waals surface area contributed by atoms with Crippen molar-refractivity contribution in [2.75, 3.05) is 14.2 Å². The lowest BCUT2D eigenvalue weighted by atomic mass is 10.1. The van der Waals surface area contributed by atoms with E-state index in [0.29, 0.717) is 21.9 Å². The number of aryl methyl sites for hydroxylation is 1. The van der Waals surface area contributed by atoms with Crippen LogP contribution in [-0.2, 0) is 0 Å². The fraction of sp³-hybridized carbons (Fsp3) is 0.143. The molecule has 2 aromatic carbocycles. The van der Waals surface area contributed by atoms with Gasteiger partial charge in [-0.25, -0.2) is 5.43 Å².